The van der Waals surface area contributed by atoms with E-state index in [0.29, 0.717) is 22.6 Å². The minimum atomic E-state index is -0.777. The van der Waals surface area contributed by atoms with E-state index >= 15 is 0 Å². The molecule has 4 aromatic rings. The maximum Gasteiger partial charge on any atom is 0.319 e. The molecule has 1 saturated carbocycles. The van der Waals surface area contributed by atoms with Gasteiger partial charge in [0.2, 0.25) is 0 Å². The number of hydrogen-bond acceptors (Lipinski definition) is 3. The van der Waals surface area contributed by atoms with Crippen LogP contribution in [0, 0.1) is 23.4 Å². The molecular formula is C25H21F3N6O. The summed E-state index contributed by atoms with van der Waals surface area (Å²) in [4.78, 5) is 16.6. The van der Waals surface area contributed by atoms with Crippen LogP contribution >= 0.6 is 0 Å². The lowest BCUT2D eigenvalue weighted by Crippen LogP contribution is -2.34. The molecule has 1 aliphatic heterocycles. The number of urea groups is 1. The molecule has 1 fully saturated rings. The van der Waals surface area contributed by atoms with Gasteiger partial charge in [-0.05, 0) is 30.9 Å². The molecule has 2 N–H and O–H groups in total. The zero-order valence-corrected chi connectivity index (χ0v) is 18.5. The SMILES string of the molecule is O=C(NCC1c2c(F)cccc2-c2cncn21)Nc1cc(F)c(-c2cnn(CC3CC3)c2)cc1F. The van der Waals surface area contributed by atoms with E-state index in [-0.39, 0.29) is 23.6 Å². The van der Waals surface area contributed by atoms with E-state index in [4.69, 9.17) is 0 Å². The Bertz CT molecular complexity index is 1440. The van der Waals surface area contributed by atoms with E-state index in [0.717, 1.165) is 37.2 Å². The fraction of sp³-hybridized carbons (Fsp3) is 0.240. The first-order chi connectivity index (χ1) is 17.0. The molecule has 3 heterocycles. The predicted molar refractivity (Wildman–Crippen MR) is 123 cm³/mol. The number of anilines is 1. The fourth-order valence-electron chi connectivity index (χ4n) is 4.59. The van der Waals surface area contributed by atoms with Crippen molar-refractivity contribution >= 4 is 11.7 Å². The Balaban J connectivity index is 1.15. The van der Waals surface area contributed by atoms with Crippen LogP contribution in [0.2, 0.25) is 0 Å². The first-order valence-corrected chi connectivity index (χ1v) is 11.4. The molecule has 7 nitrogen and oxygen atoms in total. The number of hydrogen-bond donors (Lipinski definition) is 2. The van der Waals surface area contributed by atoms with Gasteiger partial charge >= 0.3 is 6.03 Å². The van der Waals surface area contributed by atoms with Gasteiger partial charge in [-0.1, -0.05) is 12.1 Å². The first-order valence-electron chi connectivity index (χ1n) is 11.4. The Hall–Kier alpha value is -4.08. The molecule has 1 aliphatic carbocycles. The van der Waals surface area contributed by atoms with Crippen molar-refractivity contribution < 1.29 is 18.0 Å². The lowest BCUT2D eigenvalue weighted by molar-refractivity contribution is 0.251. The molecule has 0 saturated heterocycles. The average molecular weight is 478 g/mol. The van der Waals surface area contributed by atoms with Gasteiger partial charge in [0.1, 0.15) is 17.5 Å². The van der Waals surface area contributed by atoms with Crippen LogP contribution in [-0.2, 0) is 6.54 Å². The Morgan fingerprint density at radius 1 is 1.06 bits per heavy atom. The Kier molecular flexibility index (Phi) is 5.09. The van der Waals surface area contributed by atoms with Gasteiger partial charge in [0.25, 0.3) is 0 Å². The maximum atomic E-state index is 14.8. The Morgan fingerprint density at radius 2 is 1.91 bits per heavy atom. The van der Waals surface area contributed by atoms with Crippen LogP contribution in [-0.4, -0.2) is 31.9 Å². The van der Waals surface area contributed by atoms with Gasteiger partial charge in [-0.15, -0.1) is 0 Å². The summed E-state index contributed by atoms with van der Waals surface area (Å²) in [6, 6.07) is 5.52. The number of carbonyl (C=O) groups is 1. The smallest absolute Gasteiger partial charge is 0.319 e. The highest BCUT2D eigenvalue weighted by Crippen LogP contribution is 2.40. The lowest BCUT2D eigenvalue weighted by Gasteiger charge is -2.17. The van der Waals surface area contributed by atoms with Crippen LogP contribution in [0.15, 0.2) is 55.2 Å². The van der Waals surface area contributed by atoms with E-state index in [2.05, 4.69) is 20.7 Å². The highest BCUT2D eigenvalue weighted by atomic mass is 19.1. The van der Waals surface area contributed by atoms with Crippen molar-refractivity contribution in [1.82, 2.24) is 24.6 Å². The number of imidazole rings is 1. The van der Waals surface area contributed by atoms with Gasteiger partial charge in [0, 0.05) is 47.6 Å². The maximum absolute atomic E-state index is 14.8. The monoisotopic (exact) mass is 478 g/mol. The molecular weight excluding hydrogens is 457 g/mol. The summed E-state index contributed by atoms with van der Waals surface area (Å²) in [5, 5.41) is 9.20. The van der Waals surface area contributed by atoms with Crippen molar-refractivity contribution in [3.8, 4) is 22.4 Å². The van der Waals surface area contributed by atoms with Crippen LogP contribution in [0.25, 0.3) is 22.4 Å². The minimum absolute atomic E-state index is 0.0332. The summed E-state index contributed by atoms with van der Waals surface area (Å²) in [5.41, 5.74) is 2.15. The van der Waals surface area contributed by atoms with Gasteiger partial charge in [-0.2, -0.15) is 5.10 Å². The first kappa shape index (κ1) is 21.5. The van der Waals surface area contributed by atoms with Crippen molar-refractivity contribution in [2.24, 2.45) is 5.92 Å². The normalized spacial score (nSPS) is 16.1. The third kappa shape index (κ3) is 3.94. The van der Waals surface area contributed by atoms with Crippen molar-refractivity contribution in [3.63, 3.8) is 0 Å². The zero-order valence-electron chi connectivity index (χ0n) is 18.5. The van der Waals surface area contributed by atoms with Crippen molar-refractivity contribution in [2.75, 3.05) is 11.9 Å². The lowest BCUT2D eigenvalue weighted by atomic mass is 10.0. The highest BCUT2D eigenvalue weighted by molar-refractivity contribution is 5.90. The van der Waals surface area contributed by atoms with Gasteiger partial charge in [0.05, 0.1) is 36.1 Å². The predicted octanol–water partition coefficient (Wildman–Crippen LogP) is 4.97. The summed E-state index contributed by atoms with van der Waals surface area (Å²) in [5.74, 6) is -1.24. The zero-order chi connectivity index (χ0) is 24.1. The summed E-state index contributed by atoms with van der Waals surface area (Å²) in [7, 11) is 0. The number of carbonyl (C=O) groups excluding carboxylic acids is 1. The van der Waals surface area contributed by atoms with Crippen molar-refractivity contribution in [1.29, 1.82) is 0 Å². The second-order valence-electron chi connectivity index (χ2n) is 8.94. The van der Waals surface area contributed by atoms with Crippen LogP contribution in [0.4, 0.5) is 23.7 Å². The molecule has 2 aliphatic rings. The third-order valence-corrected chi connectivity index (χ3v) is 6.51. The number of amides is 2. The van der Waals surface area contributed by atoms with Crippen molar-refractivity contribution in [2.45, 2.75) is 25.4 Å². The quantitative estimate of drug-likeness (QED) is 0.411. The molecule has 178 valence electrons. The Labute approximate surface area is 198 Å². The number of aromatic nitrogens is 4. The van der Waals surface area contributed by atoms with Gasteiger partial charge in [0.15, 0.2) is 0 Å². The third-order valence-electron chi connectivity index (χ3n) is 6.51. The number of nitrogens with zero attached hydrogens (tertiary/aromatic N) is 4. The van der Waals surface area contributed by atoms with E-state index in [1.807, 2.05) is 0 Å². The molecule has 2 amide bonds. The number of fused-ring (bicyclic) bond motifs is 3. The number of rotatable bonds is 6. The molecule has 2 aromatic heterocycles. The second kappa shape index (κ2) is 8.30. The molecule has 0 radical (unpaired) electrons. The number of halogens is 3. The van der Waals surface area contributed by atoms with Gasteiger partial charge in [-0.25, -0.2) is 22.9 Å². The van der Waals surface area contributed by atoms with Crippen LogP contribution in [0.5, 0.6) is 0 Å². The highest BCUT2D eigenvalue weighted by Gasteiger charge is 2.31. The van der Waals surface area contributed by atoms with Gasteiger partial charge < -0.3 is 15.2 Å². The fourth-order valence-corrected chi connectivity index (χ4v) is 4.59. The standard InChI is InChI=1S/C25H21F3N6O/c26-18-3-1-2-16-22-9-29-13-34(22)23(24(16)18)10-30-25(35)32-21-7-19(27)17(6-20(21)28)15-8-31-33(12-15)11-14-4-5-14/h1-3,6-9,12-14,23H,4-5,10-11H2,(H2,30,32,35). The molecule has 6 rings (SSSR count). The van der Waals surface area contributed by atoms with Crippen LogP contribution < -0.4 is 10.6 Å². The average Bonchev–Trinajstić information content (AvgIpc) is 3.20. The molecule has 1 atom stereocenters. The molecule has 0 spiro atoms. The Morgan fingerprint density at radius 3 is 2.74 bits per heavy atom. The summed E-state index contributed by atoms with van der Waals surface area (Å²) in [6.07, 6.45) is 8.72. The van der Waals surface area contributed by atoms with Crippen LogP contribution in [0.1, 0.15) is 24.4 Å². The van der Waals surface area contributed by atoms with E-state index in [9.17, 15) is 18.0 Å². The summed E-state index contributed by atoms with van der Waals surface area (Å²) >= 11 is 0. The van der Waals surface area contributed by atoms with Crippen LogP contribution in [0.3, 0.4) is 0 Å². The largest absolute Gasteiger partial charge is 0.335 e. The molecule has 10 heteroatoms. The minimum Gasteiger partial charge on any atom is -0.335 e. The second-order valence-corrected chi connectivity index (χ2v) is 8.94. The summed E-state index contributed by atoms with van der Waals surface area (Å²) < 4.78 is 47.6. The molecule has 35 heavy (non-hydrogen) atoms. The number of nitrogens with one attached hydrogen (secondary N) is 2. The topological polar surface area (TPSA) is 76.8 Å². The molecule has 2 aromatic carbocycles. The molecule has 0 bridgehead atoms. The molecule has 1 unspecified atom stereocenters. The van der Waals surface area contributed by atoms with E-state index in [1.165, 1.54) is 12.3 Å². The van der Waals surface area contributed by atoms with Gasteiger partial charge in [-0.3, -0.25) is 4.68 Å². The number of benzene rings is 2. The summed E-state index contributed by atoms with van der Waals surface area (Å²) in [6.45, 7) is 0.797. The van der Waals surface area contributed by atoms with E-state index in [1.54, 1.807) is 40.1 Å². The van der Waals surface area contributed by atoms with E-state index < -0.39 is 23.7 Å². The van der Waals surface area contributed by atoms with Crippen molar-refractivity contribution in [3.05, 3.63) is 78.3 Å².